The first-order valence-corrected chi connectivity index (χ1v) is 7.15. The number of hydrogen-bond donors (Lipinski definition) is 2. The van der Waals surface area contributed by atoms with Gasteiger partial charge in [-0.15, -0.1) is 0 Å². The Kier molecular flexibility index (Phi) is 6.56. The number of halogens is 3. The molecule has 0 aliphatic carbocycles. The number of nitrogens with zero attached hydrogens (tertiary/aromatic N) is 1. The van der Waals surface area contributed by atoms with Gasteiger partial charge in [-0.3, -0.25) is 9.59 Å². The van der Waals surface area contributed by atoms with Gasteiger partial charge >= 0.3 is 12.1 Å². The van der Waals surface area contributed by atoms with Gasteiger partial charge in [-0.25, -0.2) is 0 Å². The third kappa shape index (κ3) is 5.55. The van der Waals surface area contributed by atoms with Crippen LogP contribution in [0.25, 0.3) is 0 Å². The Hall–Kier alpha value is -2.09. The molecule has 0 spiro atoms. The molecule has 1 atom stereocenters. The van der Waals surface area contributed by atoms with Gasteiger partial charge in [0.25, 0.3) is 0 Å². The zero-order chi connectivity index (χ0) is 17.6. The summed E-state index contributed by atoms with van der Waals surface area (Å²) in [6.45, 7) is 3.07. The van der Waals surface area contributed by atoms with Crippen molar-refractivity contribution in [1.82, 2.24) is 4.90 Å². The maximum absolute atomic E-state index is 12.5. The fourth-order valence-electron chi connectivity index (χ4n) is 1.85. The Balaban J connectivity index is 2.84. The zero-order valence-corrected chi connectivity index (χ0v) is 13.0. The van der Waals surface area contributed by atoms with Gasteiger partial charge in [-0.2, -0.15) is 13.2 Å². The average Bonchev–Trinajstić information content (AvgIpc) is 2.50. The van der Waals surface area contributed by atoms with Crippen molar-refractivity contribution in [2.75, 3.05) is 18.4 Å². The number of carbonyl (C=O) groups is 2. The highest BCUT2D eigenvalue weighted by Crippen LogP contribution is 2.21. The normalized spacial score (nSPS) is 12.6. The molecule has 1 rings (SSSR count). The number of hydrogen-bond acceptors (Lipinski definition) is 3. The van der Waals surface area contributed by atoms with Gasteiger partial charge in [-0.1, -0.05) is 19.1 Å². The van der Waals surface area contributed by atoms with Crippen LogP contribution in [0.2, 0.25) is 0 Å². The Labute approximate surface area is 132 Å². The van der Waals surface area contributed by atoms with E-state index in [0.29, 0.717) is 16.2 Å². The van der Waals surface area contributed by atoms with Gasteiger partial charge < -0.3 is 16.0 Å². The molecular weight excluding hydrogens is 311 g/mol. The second-order valence-corrected chi connectivity index (χ2v) is 5.14. The molecule has 0 aliphatic rings. The second-order valence-electron chi connectivity index (χ2n) is 5.14. The maximum atomic E-state index is 12.5. The highest BCUT2D eigenvalue weighted by molar-refractivity contribution is 5.92. The molecule has 2 amide bonds. The molecule has 0 aromatic heterocycles. The van der Waals surface area contributed by atoms with Crippen LogP contribution >= 0.6 is 0 Å². The fourth-order valence-corrected chi connectivity index (χ4v) is 1.85. The standard InChI is InChI=1S/C15H20F3N3O2/c1-3-21(14(23)15(16,17)18)9-11-5-4-6-12(7-11)20-13(22)10(2)8-19/h4-7,10H,3,8-9,19H2,1-2H3,(H,20,22). The number of benzene rings is 1. The summed E-state index contributed by atoms with van der Waals surface area (Å²) >= 11 is 0. The molecule has 0 radical (unpaired) electrons. The third-order valence-corrected chi connectivity index (χ3v) is 3.28. The SMILES string of the molecule is CCN(Cc1cccc(NC(=O)C(C)CN)c1)C(=O)C(F)(F)F. The second kappa shape index (κ2) is 7.96. The summed E-state index contributed by atoms with van der Waals surface area (Å²) in [4.78, 5) is 23.8. The van der Waals surface area contributed by atoms with Crippen molar-refractivity contribution in [3.8, 4) is 0 Å². The van der Waals surface area contributed by atoms with Gasteiger partial charge in [-0.05, 0) is 24.6 Å². The molecule has 128 valence electrons. The van der Waals surface area contributed by atoms with Crippen LogP contribution in [0.1, 0.15) is 19.4 Å². The van der Waals surface area contributed by atoms with Crippen molar-refractivity contribution in [3.63, 3.8) is 0 Å². The first-order valence-electron chi connectivity index (χ1n) is 7.15. The Morgan fingerprint density at radius 2 is 2.00 bits per heavy atom. The molecule has 0 heterocycles. The van der Waals surface area contributed by atoms with E-state index in [2.05, 4.69) is 5.32 Å². The fraction of sp³-hybridized carbons (Fsp3) is 0.467. The van der Waals surface area contributed by atoms with Gasteiger partial charge in [0.2, 0.25) is 5.91 Å². The summed E-state index contributed by atoms with van der Waals surface area (Å²) in [6, 6.07) is 6.35. The molecule has 0 bridgehead atoms. The van der Waals surface area contributed by atoms with Gasteiger partial charge in [0.05, 0.1) is 0 Å². The van der Waals surface area contributed by atoms with Gasteiger partial charge in [0, 0.05) is 31.2 Å². The molecule has 23 heavy (non-hydrogen) atoms. The lowest BCUT2D eigenvalue weighted by molar-refractivity contribution is -0.185. The molecule has 1 aromatic carbocycles. The average molecular weight is 331 g/mol. The van der Waals surface area contributed by atoms with Crippen molar-refractivity contribution in [2.45, 2.75) is 26.6 Å². The highest BCUT2D eigenvalue weighted by Gasteiger charge is 2.41. The Bertz CT molecular complexity index is 561. The lowest BCUT2D eigenvalue weighted by Gasteiger charge is -2.22. The van der Waals surface area contributed by atoms with E-state index in [1.54, 1.807) is 25.1 Å². The summed E-state index contributed by atoms with van der Waals surface area (Å²) < 4.78 is 37.5. The van der Waals surface area contributed by atoms with Crippen LogP contribution in [0, 0.1) is 5.92 Å². The van der Waals surface area contributed by atoms with Crippen LogP contribution in [0.3, 0.4) is 0 Å². The van der Waals surface area contributed by atoms with E-state index in [1.165, 1.54) is 13.0 Å². The Morgan fingerprint density at radius 1 is 1.35 bits per heavy atom. The van der Waals surface area contributed by atoms with E-state index < -0.39 is 12.1 Å². The highest BCUT2D eigenvalue weighted by atomic mass is 19.4. The molecule has 0 aliphatic heterocycles. The van der Waals surface area contributed by atoms with Crippen LogP contribution in [0.5, 0.6) is 0 Å². The summed E-state index contributed by atoms with van der Waals surface area (Å²) in [6.07, 6.45) is -4.90. The molecular formula is C15H20F3N3O2. The van der Waals surface area contributed by atoms with Crippen LogP contribution < -0.4 is 11.1 Å². The predicted octanol–water partition coefficient (Wildman–Crippen LogP) is 2.13. The van der Waals surface area contributed by atoms with Gasteiger partial charge in [0.15, 0.2) is 0 Å². The molecule has 0 saturated carbocycles. The molecule has 0 saturated heterocycles. The monoisotopic (exact) mass is 331 g/mol. The first kappa shape index (κ1) is 19.0. The summed E-state index contributed by atoms with van der Waals surface area (Å²) in [7, 11) is 0. The number of nitrogens with two attached hydrogens (primary N) is 1. The van der Waals surface area contributed by atoms with E-state index in [9.17, 15) is 22.8 Å². The number of carbonyl (C=O) groups excluding carboxylic acids is 2. The molecule has 1 aromatic rings. The number of alkyl halides is 3. The van der Waals surface area contributed by atoms with E-state index >= 15 is 0 Å². The summed E-state index contributed by atoms with van der Waals surface area (Å²) in [5.74, 6) is -2.54. The molecule has 3 N–H and O–H groups in total. The molecule has 0 fully saturated rings. The lowest BCUT2D eigenvalue weighted by atomic mass is 10.1. The van der Waals surface area contributed by atoms with Crippen molar-refractivity contribution < 1.29 is 22.8 Å². The molecule has 1 unspecified atom stereocenters. The number of anilines is 1. The van der Waals surface area contributed by atoms with Crippen molar-refractivity contribution in [1.29, 1.82) is 0 Å². The minimum atomic E-state index is -4.90. The van der Waals surface area contributed by atoms with Crippen molar-refractivity contribution in [2.24, 2.45) is 11.7 Å². The number of nitrogens with one attached hydrogen (secondary N) is 1. The quantitative estimate of drug-likeness (QED) is 0.838. The topological polar surface area (TPSA) is 75.4 Å². The lowest BCUT2D eigenvalue weighted by Crippen LogP contribution is -2.40. The van der Waals surface area contributed by atoms with E-state index in [4.69, 9.17) is 5.73 Å². The number of amides is 2. The predicted molar refractivity (Wildman–Crippen MR) is 80.4 cm³/mol. The van der Waals surface area contributed by atoms with Crippen molar-refractivity contribution in [3.05, 3.63) is 29.8 Å². The molecule has 8 heteroatoms. The smallest absolute Gasteiger partial charge is 0.331 e. The van der Waals surface area contributed by atoms with Crippen LogP contribution in [-0.2, 0) is 16.1 Å². The first-order chi connectivity index (χ1) is 10.7. The molecule has 5 nitrogen and oxygen atoms in total. The third-order valence-electron chi connectivity index (χ3n) is 3.28. The van der Waals surface area contributed by atoms with Crippen LogP contribution in [0.15, 0.2) is 24.3 Å². The minimum Gasteiger partial charge on any atom is -0.331 e. The largest absolute Gasteiger partial charge is 0.471 e. The van der Waals surface area contributed by atoms with E-state index in [0.717, 1.165) is 0 Å². The van der Waals surface area contributed by atoms with Gasteiger partial charge in [0.1, 0.15) is 0 Å². The van der Waals surface area contributed by atoms with E-state index in [-0.39, 0.29) is 31.5 Å². The van der Waals surface area contributed by atoms with Crippen LogP contribution in [-0.4, -0.2) is 36.0 Å². The minimum absolute atomic E-state index is 0.0703. The summed E-state index contributed by atoms with van der Waals surface area (Å²) in [5, 5.41) is 2.64. The maximum Gasteiger partial charge on any atom is 0.471 e. The van der Waals surface area contributed by atoms with Crippen LogP contribution in [0.4, 0.5) is 18.9 Å². The Morgan fingerprint density at radius 3 is 2.52 bits per heavy atom. The summed E-state index contributed by atoms with van der Waals surface area (Å²) in [5.41, 5.74) is 6.34. The zero-order valence-electron chi connectivity index (χ0n) is 13.0. The van der Waals surface area contributed by atoms with Crippen molar-refractivity contribution >= 4 is 17.5 Å². The van der Waals surface area contributed by atoms with E-state index in [1.807, 2.05) is 0 Å². The number of rotatable bonds is 6.